The van der Waals surface area contributed by atoms with E-state index in [0.29, 0.717) is 12.0 Å². The average Bonchev–Trinajstić information content (AvgIpc) is 2.55. The molecular weight excluding hydrogens is 202 g/mol. The number of allylic oxidation sites excluding steroid dienone is 1. The third kappa shape index (κ3) is 2.48. The van der Waals surface area contributed by atoms with Gasteiger partial charge in [0.25, 0.3) is 0 Å². The van der Waals surface area contributed by atoms with Crippen molar-refractivity contribution in [2.45, 2.75) is 12.5 Å². The second-order valence-electron chi connectivity index (χ2n) is 3.46. The van der Waals surface area contributed by atoms with Crippen molar-refractivity contribution < 1.29 is 4.79 Å². The average molecular weight is 213 g/mol. The van der Waals surface area contributed by atoms with Crippen molar-refractivity contribution in [2.24, 2.45) is 15.4 Å². The van der Waals surface area contributed by atoms with Crippen LogP contribution < -0.4 is 0 Å². The summed E-state index contributed by atoms with van der Waals surface area (Å²) in [6.45, 7) is 0. The molecule has 0 amide bonds. The van der Waals surface area contributed by atoms with Crippen LogP contribution in [0.3, 0.4) is 0 Å². The Hall–Kier alpha value is -2.10. The molecule has 0 saturated carbocycles. The van der Waals surface area contributed by atoms with Crippen molar-refractivity contribution in [1.29, 1.82) is 0 Å². The maximum atomic E-state index is 10.9. The molecule has 4 heteroatoms. The first-order chi connectivity index (χ1) is 7.90. The van der Waals surface area contributed by atoms with E-state index >= 15 is 0 Å². The van der Waals surface area contributed by atoms with Gasteiger partial charge in [-0.1, -0.05) is 30.3 Å². The normalized spacial score (nSPS) is 19.0. The number of hydrogen-bond donors (Lipinski definition) is 0. The van der Waals surface area contributed by atoms with Gasteiger partial charge in [0.2, 0.25) is 0 Å². The van der Waals surface area contributed by atoms with E-state index in [-0.39, 0.29) is 6.04 Å². The maximum absolute atomic E-state index is 10.9. The Morgan fingerprint density at radius 1 is 1.25 bits per heavy atom. The maximum Gasteiger partial charge on any atom is 0.148 e. The van der Waals surface area contributed by atoms with Gasteiger partial charge in [0.1, 0.15) is 12.3 Å². The van der Waals surface area contributed by atoms with Crippen LogP contribution >= 0.6 is 0 Å². The minimum Gasteiger partial charge on any atom is -0.298 e. The Balaban J connectivity index is 2.17. The van der Waals surface area contributed by atoms with E-state index in [4.69, 9.17) is 0 Å². The highest BCUT2D eigenvalue weighted by Crippen LogP contribution is 2.14. The topological polar surface area (TPSA) is 54.1 Å². The summed E-state index contributed by atoms with van der Waals surface area (Å²) in [6.07, 6.45) is 4.61. The fourth-order valence-corrected chi connectivity index (χ4v) is 1.53. The van der Waals surface area contributed by atoms with Gasteiger partial charge in [0.05, 0.1) is 6.21 Å². The molecule has 1 aliphatic rings. The molecule has 1 aromatic carbocycles. The predicted octanol–water partition coefficient (Wildman–Crippen LogP) is 2.17. The van der Waals surface area contributed by atoms with E-state index in [1.54, 1.807) is 6.08 Å². The number of rotatable bonds is 3. The van der Waals surface area contributed by atoms with Crippen LogP contribution in [0.4, 0.5) is 0 Å². The van der Waals surface area contributed by atoms with Crippen LogP contribution in [0.2, 0.25) is 0 Å². The lowest BCUT2D eigenvalue weighted by Gasteiger charge is -2.09. The summed E-state index contributed by atoms with van der Waals surface area (Å²) in [7, 11) is 0. The van der Waals surface area contributed by atoms with Crippen molar-refractivity contribution in [2.75, 3.05) is 0 Å². The summed E-state index contributed by atoms with van der Waals surface area (Å²) >= 11 is 0. The van der Waals surface area contributed by atoms with E-state index in [1.165, 1.54) is 6.21 Å². The highest BCUT2D eigenvalue weighted by molar-refractivity contribution is 5.85. The first-order valence-corrected chi connectivity index (χ1v) is 5.02. The minimum absolute atomic E-state index is 0.234. The molecule has 0 fully saturated rings. The summed E-state index contributed by atoms with van der Waals surface area (Å²) in [5.41, 5.74) is 1.73. The zero-order valence-corrected chi connectivity index (χ0v) is 8.65. The van der Waals surface area contributed by atoms with Crippen LogP contribution in [-0.2, 0) is 11.2 Å². The lowest BCUT2D eigenvalue weighted by molar-refractivity contribution is -0.105. The summed E-state index contributed by atoms with van der Waals surface area (Å²) in [5.74, 6) is 0. The summed E-state index contributed by atoms with van der Waals surface area (Å²) < 4.78 is 0. The molecule has 0 N–H and O–H groups in total. The van der Waals surface area contributed by atoms with E-state index in [9.17, 15) is 4.79 Å². The number of carbonyl (C=O) groups is 1. The van der Waals surface area contributed by atoms with Gasteiger partial charge in [0, 0.05) is 12.0 Å². The Morgan fingerprint density at radius 2 is 2.06 bits per heavy atom. The molecule has 0 aromatic heterocycles. The van der Waals surface area contributed by atoms with E-state index in [1.807, 2.05) is 30.3 Å². The molecule has 16 heavy (non-hydrogen) atoms. The Morgan fingerprint density at radius 3 is 2.81 bits per heavy atom. The van der Waals surface area contributed by atoms with Crippen LogP contribution in [-0.4, -0.2) is 18.5 Å². The zero-order chi connectivity index (χ0) is 11.2. The van der Waals surface area contributed by atoms with Crippen molar-refractivity contribution in [3.8, 4) is 0 Å². The third-order valence-corrected chi connectivity index (χ3v) is 2.37. The standard InChI is InChI=1S/C12H11N3O/c16-9-11-6-7-13-15-14-12(11)8-10-4-2-1-3-5-10/h1-7,9,12H,8H2. The van der Waals surface area contributed by atoms with Crippen molar-refractivity contribution in [3.63, 3.8) is 0 Å². The van der Waals surface area contributed by atoms with Crippen molar-refractivity contribution in [3.05, 3.63) is 47.5 Å². The fraction of sp³-hybridized carbons (Fsp3) is 0.167. The second-order valence-corrected chi connectivity index (χ2v) is 3.46. The first kappa shape index (κ1) is 10.4. The Bertz CT molecular complexity index is 449. The van der Waals surface area contributed by atoms with Crippen LogP contribution in [0.1, 0.15) is 5.56 Å². The molecule has 80 valence electrons. The number of benzene rings is 1. The molecule has 0 saturated heterocycles. The van der Waals surface area contributed by atoms with Gasteiger partial charge in [0.15, 0.2) is 0 Å². The van der Waals surface area contributed by atoms with Crippen LogP contribution in [0.15, 0.2) is 57.4 Å². The lowest BCUT2D eigenvalue weighted by Crippen LogP contribution is -2.12. The van der Waals surface area contributed by atoms with E-state index in [0.717, 1.165) is 11.8 Å². The molecule has 1 aromatic rings. The Labute approximate surface area is 93.4 Å². The van der Waals surface area contributed by atoms with E-state index in [2.05, 4.69) is 15.4 Å². The van der Waals surface area contributed by atoms with Gasteiger partial charge < -0.3 is 0 Å². The number of nitrogens with zero attached hydrogens (tertiary/aromatic N) is 3. The smallest absolute Gasteiger partial charge is 0.148 e. The van der Waals surface area contributed by atoms with Gasteiger partial charge in [-0.25, -0.2) is 0 Å². The highest BCUT2D eigenvalue weighted by Gasteiger charge is 2.14. The quantitative estimate of drug-likeness (QED) is 0.710. The molecule has 1 unspecified atom stereocenters. The number of carbonyl (C=O) groups excluding carboxylic acids is 1. The molecule has 1 aliphatic heterocycles. The molecule has 0 spiro atoms. The molecule has 1 atom stereocenters. The minimum atomic E-state index is -0.234. The fourth-order valence-electron chi connectivity index (χ4n) is 1.53. The largest absolute Gasteiger partial charge is 0.298 e. The monoisotopic (exact) mass is 213 g/mol. The molecule has 0 aliphatic carbocycles. The summed E-state index contributed by atoms with van der Waals surface area (Å²) in [4.78, 5) is 10.9. The van der Waals surface area contributed by atoms with Gasteiger partial charge in [-0.3, -0.25) is 4.79 Å². The molecule has 2 rings (SSSR count). The highest BCUT2D eigenvalue weighted by atomic mass is 16.1. The third-order valence-electron chi connectivity index (χ3n) is 2.37. The first-order valence-electron chi connectivity index (χ1n) is 5.02. The molecular formula is C12H11N3O. The van der Waals surface area contributed by atoms with Crippen LogP contribution in [0.5, 0.6) is 0 Å². The summed E-state index contributed by atoms with van der Waals surface area (Å²) in [5, 5.41) is 11.3. The van der Waals surface area contributed by atoms with Crippen LogP contribution in [0.25, 0.3) is 0 Å². The number of aldehydes is 1. The lowest BCUT2D eigenvalue weighted by atomic mass is 10.0. The van der Waals surface area contributed by atoms with Gasteiger partial charge in [-0.05, 0) is 16.9 Å². The SMILES string of the molecule is O=CC1=CC=NN=NC1Cc1ccccc1. The predicted molar refractivity (Wildman–Crippen MR) is 61.4 cm³/mol. The van der Waals surface area contributed by atoms with Crippen LogP contribution in [0, 0.1) is 0 Å². The van der Waals surface area contributed by atoms with E-state index < -0.39 is 0 Å². The van der Waals surface area contributed by atoms with Crippen molar-refractivity contribution in [1.82, 2.24) is 0 Å². The van der Waals surface area contributed by atoms with Crippen molar-refractivity contribution >= 4 is 12.5 Å². The molecule has 1 heterocycles. The zero-order valence-electron chi connectivity index (χ0n) is 8.65. The van der Waals surface area contributed by atoms with Gasteiger partial charge >= 0.3 is 0 Å². The molecule has 0 radical (unpaired) electrons. The Kier molecular flexibility index (Phi) is 3.33. The van der Waals surface area contributed by atoms with Gasteiger partial charge in [-0.2, -0.15) is 5.11 Å². The second kappa shape index (κ2) is 5.11. The van der Waals surface area contributed by atoms with Gasteiger partial charge in [-0.15, -0.1) is 5.10 Å². The number of hydrogen-bond acceptors (Lipinski definition) is 4. The molecule has 4 nitrogen and oxygen atoms in total. The summed E-state index contributed by atoms with van der Waals surface area (Å²) in [6, 6.07) is 9.65. The molecule has 0 bridgehead atoms.